The van der Waals surface area contributed by atoms with Crippen LogP contribution in [0.3, 0.4) is 0 Å². The summed E-state index contributed by atoms with van der Waals surface area (Å²) >= 11 is 0. The van der Waals surface area contributed by atoms with Crippen LogP contribution in [0.5, 0.6) is 0 Å². The Morgan fingerprint density at radius 3 is 3.00 bits per heavy atom. The summed E-state index contributed by atoms with van der Waals surface area (Å²) in [6.45, 7) is 3.71. The molecule has 1 aliphatic carbocycles. The van der Waals surface area contributed by atoms with Crippen molar-refractivity contribution >= 4 is 5.91 Å². The first-order chi connectivity index (χ1) is 9.20. The average Bonchev–Trinajstić information content (AvgIpc) is 2.40. The summed E-state index contributed by atoms with van der Waals surface area (Å²) in [7, 11) is 0. The molecule has 0 spiro atoms. The van der Waals surface area contributed by atoms with Crippen LogP contribution in [-0.4, -0.2) is 42.6 Å². The fourth-order valence-electron chi connectivity index (χ4n) is 2.95. The van der Waals surface area contributed by atoms with E-state index < -0.39 is 0 Å². The molecule has 0 aromatic heterocycles. The molecule has 1 aliphatic heterocycles. The third-order valence-corrected chi connectivity index (χ3v) is 4.20. The standard InChI is InChI=1S/C15H20N2O2/c1-10-9-19-12(7-16)8-17(10)15(18)14-6-11-4-2-3-5-13(11)14/h2-5,10,12,14H,6-9,16H2,1H3. The summed E-state index contributed by atoms with van der Waals surface area (Å²) in [6.07, 6.45) is 0.849. The van der Waals surface area contributed by atoms with E-state index in [4.69, 9.17) is 10.5 Å². The molecule has 1 amide bonds. The molecule has 1 fully saturated rings. The second-order valence-corrected chi connectivity index (χ2v) is 5.49. The van der Waals surface area contributed by atoms with E-state index in [9.17, 15) is 4.79 Å². The highest BCUT2D eigenvalue weighted by Crippen LogP contribution is 2.36. The van der Waals surface area contributed by atoms with Crippen LogP contribution in [0.15, 0.2) is 24.3 Å². The Morgan fingerprint density at radius 1 is 1.47 bits per heavy atom. The minimum absolute atomic E-state index is 0.0181. The molecular formula is C15H20N2O2. The van der Waals surface area contributed by atoms with E-state index >= 15 is 0 Å². The van der Waals surface area contributed by atoms with Crippen molar-refractivity contribution in [1.82, 2.24) is 4.90 Å². The van der Waals surface area contributed by atoms with E-state index in [2.05, 4.69) is 12.1 Å². The van der Waals surface area contributed by atoms with Gasteiger partial charge in [-0.1, -0.05) is 24.3 Å². The van der Waals surface area contributed by atoms with Gasteiger partial charge in [0.05, 0.1) is 24.7 Å². The number of ether oxygens (including phenoxy) is 1. The summed E-state index contributed by atoms with van der Waals surface area (Å²) in [5, 5.41) is 0. The Labute approximate surface area is 113 Å². The van der Waals surface area contributed by atoms with Gasteiger partial charge in [-0.15, -0.1) is 0 Å². The van der Waals surface area contributed by atoms with Crippen LogP contribution in [0.1, 0.15) is 24.0 Å². The zero-order chi connectivity index (χ0) is 13.4. The number of morpholine rings is 1. The highest BCUT2D eigenvalue weighted by Gasteiger charge is 2.38. The smallest absolute Gasteiger partial charge is 0.230 e. The summed E-state index contributed by atoms with van der Waals surface area (Å²) in [5.74, 6) is 0.267. The maximum absolute atomic E-state index is 12.6. The molecule has 1 aromatic carbocycles. The van der Waals surface area contributed by atoms with Gasteiger partial charge in [-0.25, -0.2) is 0 Å². The molecule has 2 N–H and O–H groups in total. The van der Waals surface area contributed by atoms with Crippen LogP contribution in [0.25, 0.3) is 0 Å². The molecule has 3 unspecified atom stereocenters. The van der Waals surface area contributed by atoms with E-state index in [1.165, 1.54) is 11.1 Å². The number of fused-ring (bicyclic) bond motifs is 1. The van der Waals surface area contributed by atoms with Crippen molar-refractivity contribution in [3.63, 3.8) is 0 Å². The first-order valence-corrected chi connectivity index (χ1v) is 6.90. The summed E-state index contributed by atoms with van der Waals surface area (Å²) < 4.78 is 5.60. The fraction of sp³-hybridized carbons (Fsp3) is 0.533. The Morgan fingerprint density at radius 2 is 2.26 bits per heavy atom. The second kappa shape index (κ2) is 4.94. The number of amides is 1. The highest BCUT2D eigenvalue weighted by atomic mass is 16.5. The molecule has 0 radical (unpaired) electrons. The van der Waals surface area contributed by atoms with Crippen molar-refractivity contribution in [3.05, 3.63) is 35.4 Å². The molecule has 3 atom stereocenters. The minimum Gasteiger partial charge on any atom is -0.373 e. The Kier molecular flexibility index (Phi) is 3.29. The monoisotopic (exact) mass is 260 g/mol. The maximum atomic E-state index is 12.6. The van der Waals surface area contributed by atoms with Crippen molar-refractivity contribution in [2.24, 2.45) is 5.73 Å². The first kappa shape index (κ1) is 12.6. The molecule has 1 heterocycles. The highest BCUT2D eigenvalue weighted by molar-refractivity contribution is 5.87. The second-order valence-electron chi connectivity index (χ2n) is 5.49. The lowest BCUT2D eigenvalue weighted by Gasteiger charge is -2.41. The molecule has 2 aliphatic rings. The molecule has 102 valence electrons. The van der Waals surface area contributed by atoms with E-state index in [1.807, 2.05) is 24.0 Å². The van der Waals surface area contributed by atoms with Crippen molar-refractivity contribution < 1.29 is 9.53 Å². The number of hydrogen-bond donors (Lipinski definition) is 1. The van der Waals surface area contributed by atoms with Crippen molar-refractivity contribution in [1.29, 1.82) is 0 Å². The van der Waals surface area contributed by atoms with E-state index in [0.717, 1.165) is 6.42 Å². The molecule has 3 rings (SSSR count). The molecule has 4 heteroatoms. The Bertz CT molecular complexity index is 489. The summed E-state index contributed by atoms with van der Waals surface area (Å²) in [5.41, 5.74) is 8.14. The largest absolute Gasteiger partial charge is 0.373 e. The van der Waals surface area contributed by atoms with Gasteiger partial charge in [0.1, 0.15) is 0 Å². The number of benzene rings is 1. The van der Waals surface area contributed by atoms with Gasteiger partial charge in [0, 0.05) is 13.1 Å². The zero-order valence-electron chi connectivity index (χ0n) is 11.2. The third kappa shape index (κ3) is 2.15. The predicted octanol–water partition coefficient (Wildman–Crippen LogP) is 0.901. The first-order valence-electron chi connectivity index (χ1n) is 6.90. The summed E-state index contributed by atoms with van der Waals surface area (Å²) in [6, 6.07) is 8.34. The molecule has 0 bridgehead atoms. The van der Waals surface area contributed by atoms with Crippen LogP contribution in [-0.2, 0) is 16.0 Å². The average molecular weight is 260 g/mol. The van der Waals surface area contributed by atoms with Gasteiger partial charge in [0.25, 0.3) is 0 Å². The van der Waals surface area contributed by atoms with Gasteiger partial charge in [0.15, 0.2) is 0 Å². The van der Waals surface area contributed by atoms with Gasteiger partial charge >= 0.3 is 0 Å². The Hall–Kier alpha value is -1.39. The fourth-order valence-corrected chi connectivity index (χ4v) is 2.95. The number of nitrogens with two attached hydrogens (primary N) is 1. The van der Waals surface area contributed by atoms with E-state index in [-0.39, 0.29) is 24.0 Å². The van der Waals surface area contributed by atoms with Crippen molar-refractivity contribution in [2.75, 3.05) is 19.7 Å². The van der Waals surface area contributed by atoms with Gasteiger partial charge in [-0.3, -0.25) is 4.79 Å². The SMILES string of the molecule is CC1COC(CN)CN1C(=O)C1Cc2ccccc21. The maximum Gasteiger partial charge on any atom is 0.230 e. The topological polar surface area (TPSA) is 55.6 Å². The molecular weight excluding hydrogens is 240 g/mol. The van der Waals surface area contributed by atoms with E-state index in [0.29, 0.717) is 19.7 Å². The molecule has 19 heavy (non-hydrogen) atoms. The molecule has 1 saturated heterocycles. The predicted molar refractivity (Wildman–Crippen MR) is 72.9 cm³/mol. The van der Waals surface area contributed by atoms with Gasteiger partial charge in [-0.2, -0.15) is 0 Å². The third-order valence-electron chi connectivity index (χ3n) is 4.20. The van der Waals surface area contributed by atoms with Crippen LogP contribution in [0, 0.1) is 0 Å². The zero-order valence-corrected chi connectivity index (χ0v) is 11.2. The normalized spacial score (nSPS) is 29.6. The minimum atomic E-state index is -0.0181. The van der Waals surface area contributed by atoms with Crippen LogP contribution < -0.4 is 5.73 Å². The number of rotatable bonds is 2. The van der Waals surface area contributed by atoms with Crippen LogP contribution >= 0.6 is 0 Å². The van der Waals surface area contributed by atoms with Crippen molar-refractivity contribution in [2.45, 2.75) is 31.4 Å². The molecule has 4 nitrogen and oxygen atoms in total. The Balaban J connectivity index is 1.74. The molecule has 0 saturated carbocycles. The summed E-state index contributed by atoms with van der Waals surface area (Å²) in [4.78, 5) is 14.6. The quantitative estimate of drug-likeness (QED) is 0.859. The van der Waals surface area contributed by atoms with Gasteiger partial charge in [0.2, 0.25) is 5.91 Å². The number of carbonyl (C=O) groups excluding carboxylic acids is 1. The number of nitrogens with zero attached hydrogens (tertiary/aromatic N) is 1. The van der Waals surface area contributed by atoms with E-state index in [1.54, 1.807) is 0 Å². The lowest BCUT2D eigenvalue weighted by atomic mass is 9.76. The van der Waals surface area contributed by atoms with Gasteiger partial charge < -0.3 is 15.4 Å². The lowest BCUT2D eigenvalue weighted by Crippen LogP contribution is -2.55. The van der Waals surface area contributed by atoms with Crippen LogP contribution in [0.2, 0.25) is 0 Å². The lowest BCUT2D eigenvalue weighted by molar-refractivity contribution is -0.145. The molecule has 1 aromatic rings. The number of hydrogen-bond acceptors (Lipinski definition) is 3. The van der Waals surface area contributed by atoms with Crippen LogP contribution in [0.4, 0.5) is 0 Å². The van der Waals surface area contributed by atoms with Crippen molar-refractivity contribution in [3.8, 4) is 0 Å². The van der Waals surface area contributed by atoms with Gasteiger partial charge in [-0.05, 0) is 24.5 Å². The number of carbonyl (C=O) groups is 1.